The molecule has 2 amide bonds. The van der Waals surface area contributed by atoms with Gasteiger partial charge in [0.05, 0.1) is 5.92 Å². The Hall–Kier alpha value is -2.80. The molecule has 0 aromatic heterocycles. The molecule has 1 heterocycles. The Bertz CT molecular complexity index is 924. The minimum Gasteiger partial charge on any atom is -0.455 e. The Morgan fingerprint density at radius 3 is 2.59 bits per heavy atom. The average Bonchev–Trinajstić information content (AvgIpc) is 3.07. The van der Waals surface area contributed by atoms with Gasteiger partial charge in [-0.3, -0.25) is 14.4 Å². The summed E-state index contributed by atoms with van der Waals surface area (Å²) in [4.78, 5) is 39.5. The molecule has 0 bridgehead atoms. The predicted molar refractivity (Wildman–Crippen MR) is 114 cm³/mol. The number of thioether (sulfide) groups is 1. The molecule has 0 unspecified atom stereocenters. The van der Waals surface area contributed by atoms with Crippen molar-refractivity contribution >= 4 is 40.9 Å². The fourth-order valence-electron chi connectivity index (χ4n) is 3.39. The van der Waals surface area contributed by atoms with Crippen molar-refractivity contribution in [3.05, 3.63) is 53.6 Å². The molecule has 2 aromatic rings. The minimum atomic E-state index is -0.575. The van der Waals surface area contributed by atoms with Crippen molar-refractivity contribution in [2.45, 2.75) is 25.2 Å². The van der Waals surface area contributed by atoms with Crippen molar-refractivity contribution < 1.29 is 19.1 Å². The number of hydrogen-bond acceptors (Lipinski definition) is 5. The normalized spacial score (nSPS) is 16.0. The molecular weight excluding hydrogens is 388 g/mol. The molecule has 7 heteroatoms. The van der Waals surface area contributed by atoms with Crippen LogP contribution in [0.15, 0.2) is 47.4 Å². The Morgan fingerprint density at radius 1 is 1.17 bits per heavy atom. The smallest absolute Gasteiger partial charge is 0.311 e. The van der Waals surface area contributed by atoms with Gasteiger partial charge in [-0.25, -0.2) is 0 Å². The summed E-state index contributed by atoms with van der Waals surface area (Å²) in [5.74, 6) is -1.63. The summed E-state index contributed by atoms with van der Waals surface area (Å²) in [6.45, 7) is 3.77. The number of nitrogens with one attached hydrogen (secondary N) is 1. The quantitative estimate of drug-likeness (QED) is 0.580. The third-order valence-electron chi connectivity index (χ3n) is 4.67. The van der Waals surface area contributed by atoms with Crippen LogP contribution in [0.3, 0.4) is 0 Å². The van der Waals surface area contributed by atoms with Crippen LogP contribution in [0.4, 0.5) is 11.4 Å². The van der Waals surface area contributed by atoms with E-state index in [4.69, 9.17) is 4.74 Å². The van der Waals surface area contributed by atoms with Crippen molar-refractivity contribution in [3.63, 3.8) is 0 Å². The molecule has 1 aliphatic heterocycles. The van der Waals surface area contributed by atoms with E-state index in [2.05, 4.69) is 5.32 Å². The Labute approximate surface area is 174 Å². The number of rotatable bonds is 6. The molecule has 2 aromatic carbocycles. The van der Waals surface area contributed by atoms with Crippen molar-refractivity contribution in [2.24, 2.45) is 5.92 Å². The summed E-state index contributed by atoms with van der Waals surface area (Å²) in [6, 6.07) is 13.3. The molecule has 0 saturated carbocycles. The highest BCUT2D eigenvalue weighted by atomic mass is 32.2. The third kappa shape index (κ3) is 5.38. The first-order valence-corrected chi connectivity index (χ1v) is 10.6. The highest BCUT2D eigenvalue weighted by Crippen LogP contribution is 2.28. The zero-order valence-corrected chi connectivity index (χ0v) is 17.5. The van der Waals surface area contributed by atoms with E-state index in [0.717, 1.165) is 21.7 Å². The standard InChI is InChI=1S/C22H24N2O4S/c1-14-7-15(2)9-17(8-14)23-20(25)13-28-22(27)16-10-21(26)24(12-16)18-5-4-6-19(11-18)29-3/h4-9,11,16H,10,12-13H2,1-3H3,(H,23,25)/t16-/m1/s1. The van der Waals surface area contributed by atoms with Crippen LogP contribution in [0.5, 0.6) is 0 Å². The Kier molecular flexibility index (Phi) is 6.59. The lowest BCUT2D eigenvalue weighted by Gasteiger charge is -2.17. The lowest BCUT2D eigenvalue weighted by Crippen LogP contribution is -2.28. The fraction of sp³-hybridized carbons (Fsp3) is 0.318. The first-order chi connectivity index (χ1) is 13.9. The van der Waals surface area contributed by atoms with E-state index in [9.17, 15) is 14.4 Å². The molecule has 1 saturated heterocycles. The van der Waals surface area contributed by atoms with E-state index in [-0.39, 0.29) is 25.5 Å². The topological polar surface area (TPSA) is 75.7 Å². The SMILES string of the molecule is CSc1cccc(N2C[C@H](C(=O)OCC(=O)Nc3cc(C)cc(C)c3)CC2=O)c1. The van der Waals surface area contributed by atoms with Gasteiger partial charge in [-0.2, -0.15) is 0 Å². The van der Waals surface area contributed by atoms with Gasteiger partial charge in [0.25, 0.3) is 5.91 Å². The summed E-state index contributed by atoms with van der Waals surface area (Å²) in [7, 11) is 0. The van der Waals surface area contributed by atoms with Crippen LogP contribution in [-0.4, -0.2) is 37.2 Å². The summed E-state index contributed by atoms with van der Waals surface area (Å²) in [6.07, 6.45) is 2.05. The second-order valence-electron chi connectivity index (χ2n) is 7.14. The van der Waals surface area contributed by atoms with Gasteiger partial charge in [-0.1, -0.05) is 12.1 Å². The summed E-state index contributed by atoms with van der Waals surface area (Å²) in [5, 5.41) is 2.73. The van der Waals surface area contributed by atoms with Gasteiger partial charge in [0.1, 0.15) is 0 Å². The van der Waals surface area contributed by atoms with Crippen LogP contribution >= 0.6 is 11.8 Å². The zero-order valence-electron chi connectivity index (χ0n) is 16.7. The largest absolute Gasteiger partial charge is 0.455 e. The molecule has 6 nitrogen and oxygen atoms in total. The van der Waals surface area contributed by atoms with E-state index < -0.39 is 17.8 Å². The van der Waals surface area contributed by atoms with Gasteiger partial charge < -0.3 is 15.0 Å². The van der Waals surface area contributed by atoms with Crippen LogP contribution in [-0.2, 0) is 19.1 Å². The third-order valence-corrected chi connectivity index (χ3v) is 5.40. The van der Waals surface area contributed by atoms with E-state index in [0.29, 0.717) is 5.69 Å². The highest BCUT2D eigenvalue weighted by molar-refractivity contribution is 7.98. The van der Waals surface area contributed by atoms with Gasteiger partial charge in [-0.15, -0.1) is 11.8 Å². The summed E-state index contributed by atoms with van der Waals surface area (Å²) >= 11 is 1.59. The summed E-state index contributed by atoms with van der Waals surface area (Å²) in [5.41, 5.74) is 3.50. The van der Waals surface area contributed by atoms with Crippen LogP contribution < -0.4 is 10.2 Å². The van der Waals surface area contributed by atoms with E-state index in [1.54, 1.807) is 16.7 Å². The number of nitrogens with zero attached hydrogens (tertiary/aromatic N) is 1. The first kappa shape index (κ1) is 20.9. The lowest BCUT2D eigenvalue weighted by atomic mass is 10.1. The van der Waals surface area contributed by atoms with Gasteiger partial charge in [0, 0.05) is 29.2 Å². The van der Waals surface area contributed by atoms with Gasteiger partial charge in [0.2, 0.25) is 5.91 Å². The maximum Gasteiger partial charge on any atom is 0.311 e. The molecule has 3 rings (SSSR count). The van der Waals surface area contributed by atoms with Crippen molar-refractivity contribution in [3.8, 4) is 0 Å². The van der Waals surface area contributed by atoms with Crippen LogP contribution in [0.2, 0.25) is 0 Å². The number of benzene rings is 2. The Balaban J connectivity index is 1.54. The molecule has 0 radical (unpaired) electrons. The number of carbonyl (C=O) groups excluding carboxylic acids is 3. The lowest BCUT2D eigenvalue weighted by molar-refractivity contribution is -0.151. The second-order valence-corrected chi connectivity index (χ2v) is 8.02. The molecule has 0 spiro atoms. The maximum atomic E-state index is 12.4. The number of carbonyl (C=O) groups is 3. The van der Waals surface area contributed by atoms with E-state index in [1.165, 1.54) is 0 Å². The zero-order chi connectivity index (χ0) is 21.0. The predicted octanol–water partition coefficient (Wildman–Crippen LogP) is 3.56. The second kappa shape index (κ2) is 9.13. The molecule has 1 N–H and O–H groups in total. The summed E-state index contributed by atoms with van der Waals surface area (Å²) < 4.78 is 5.16. The molecule has 152 valence electrons. The monoisotopic (exact) mass is 412 g/mol. The highest BCUT2D eigenvalue weighted by Gasteiger charge is 2.36. The molecule has 1 fully saturated rings. The maximum absolute atomic E-state index is 12.4. The average molecular weight is 413 g/mol. The number of ether oxygens (including phenoxy) is 1. The van der Waals surface area contributed by atoms with Crippen LogP contribution in [0.25, 0.3) is 0 Å². The van der Waals surface area contributed by atoms with Crippen molar-refractivity contribution in [1.82, 2.24) is 0 Å². The number of anilines is 2. The molecule has 29 heavy (non-hydrogen) atoms. The van der Waals surface area contributed by atoms with Gasteiger partial charge >= 0.3 is 5.97 Å². The van der Waals surface area contributed by atoms with Gasteiger partial charge in [0.15, 0.2) is 6.61 Å². The number of amides is 2. The number of esters is 1. The minimum absolute atomic E-state index is 0.0843. The molecule has 1 atom stereocenters. The van der Waals surface area contributed by atoms with E-state index in [1.807, 2.05) is 62.6 Å². The van der Waals surface area contributed by atoms with Gasteiger partial charge in [-0.05, 0) is 61.6 Å². The van der Waals surface area contributed by atoms with Crippen molar-refractivity contribution in [1.29, 1.82) is 0 Å². The molecule has 0 aliphatic carbocycles. The Morgan fingerprint density at radius 2 is 1.90 bits per heavy atom. The first-order valence-electron chi connectivity index (χ1n) is 9.35. The number of aryl methyl sites for hydroxylation is 2. The molecule has 1 aliphatic rings. The van der Waals surface area contributed by atoms with Crippen LogP contribution in [0, 0.1) is 19.8 Å². The van der Waals surface area contributed by atoms with Crippen LogP contribution in [0.1, 0.15) is 17.5 Å². The molecular formula is C22H24N2O4S. The number of hydrogen-bond donors (Lipinski definition) is 1. The van der Waals surface area contributed by atoms with Crippen molar-refractivity contribution in [2.75, 3.05) is 29.6 Å². The fourth-order valence-corrected chi connectivity index (χ4v) is 3.85. The van der Waals surface area contributed by atoms with E-state index >= 15 is 0 Å².